The van der Waals surface area contributed by atoms with Crippen molar-refractivity contribution in [2.24, 2.45) is 0 Å². The van der Waals surface area contributed by atoms with E-state index in [0.717, 1.165) is 6.42 Å². The maximum absolute atomic E-state index is 10.4. The van der Waals surface area contributed by atoms with Crippen molar-refractivity contribution < 1.29 is 15.0 Å². The zero-order valence-corrected chi connectivity index (χ0v) is 8.50. The molecule has 2 atom stereocenters. The van der Waals surface area contributed by atoms with Crippen LogP contribution in [0.3, 0.4) is 0 Å². The molecule has 3 N–H and O–H groups in total. The van der Waals surface area contributed by atoms with Gasteiger partial charge in [0.15, 0.2) is 0 Å². The summed E-state index contributed by atoms with van der Waals surface area (Å²) in [5.41, 5.74) is -0.366. The van der Waals surface area contributed by atoms with Crippen LogP contribution >= 0.6 is 0 Å². The van der Waals surface area contributed by atoms with Gasteiger partial charge in [-0.3, -0.25) is 4.79 Å². The van der Waals surface area contributed by atoms with E-state index in [9.17, 15) is 4.79 Å². The average Bonchev–Trinajstić information content (AvgIpc) is 2.02. The van der Waals surface area contributed by atoms with E-state index in [1.54, 1.807) is 6.92 Å². The molecule has 0 aromatic heterocycles. The summed E-state index contributed by atoms with van der Waals surface area (Å²) < 4.78 is 0. The first-order valence-electron chi connectivity index (χ1n) is 4.54. The second-order valence-corrected chi connectivity index (χ2v) is 3.72. The summed E-state index contributed by atoms with van der Waals surface area (Å²) >= 11 is 0. The Labute approximate surface area is 79.0 Å². The lowest BCUT2D eigenvalue weighted by molar-refractivity contribution is -0.137. The van der Waals surface area contributed by atoms with E-state index < -0.39 is 5.97 Å². The van der Waals surface area contributed by atoms with Crippen molar-refractivity contribution in [1.29, 1.82) is 0 Å². The molecule has 0 radical (unpaired) electrons. The highest BCUT2D eigenvalue weighted by molar-refractivity contribution is 5.67. The van der Waals surface area contributed by atoms with Gasteiger partial charge in [-0.25, -0.2) is 0 Å². The highest BCUT2D eigenvalue weighted by Gasteiger charge is 2.23. The first kappa shape index (κ1) is 12.4. The summed E-state index contributed by atoms with van der Waals surface area (Å²) in [6.45, 7) is 5.66. The minimum Gasteiger partial charge on any atom is -0.481 e. The molecule has 0 saturated carbocycles. The third kappa shape index (κ3) is 4.85. The van der Waals surface area contributed by atoms with Crippen LogP contribution in [0.2, 0.25) is 0 Å². The Hall–Kier alpha value is -0.610. The molecule has 0 aliphatic carbocycles. The van der Waals surface area contributed by atoms with Crippen molar-refractivity contribution in [3.63, 3.8) is 0 Å². The number of carboxylic acids is 1. The predicted molar refractivity (Wildman–Crippen MR) is 50.6 cm³/mol. The van der Waals surface area contributed by atoms with E-state index in [0.29, 0.717) is 0 Å². The molecule has 0 spiro atoms. The van der Waals surface area contributed by atoms with Gasteiger partial charge in [-0.15, -0.1) is 0 Å². The first-order valence-corrected chi connectivity index (χ1v) is 4.54. The molecule has 0 aliphatic heterocycles. The number of nitrogens with one attached hydrogen (secondary N) is 1. The van der Waals surface area contributed by atoms with Crippen molar-refractivity contribution in [1.82, 2.24) is 5.32 Å². The number of hydrogen-bond acceptors (Lipinski definition) is 3. The second-order valence-electron chi connectivity index (χ2n) is 3.72. The molecule has 0 aliphatic rings. The fraction of sp³-hybridized carbons (Fsp3) is 0.889. The lowest BCUT2D eigenvalue weighted by atomic mass is 9.98. The summed E-state index contributed by atoms with van der Waals surface area (Å²) in [7, 11) is 0. The van der Waals surface area contributed by atoms with E-state index in [1.807, 2.05) is 13.8 Å². The number of carboxylic acid groups (broad SMARTS) is 1. The summed E-state index contributed by atoms with van der Waals surface area (Å²) in [6, 6.07) is -0.116. The van der Waals surface area contributed by atoms with Crippen LogP contribution in [-0.4, -0.2) is 34.4 Å². The molecule has 0 bridgehead atoms. The normalized spacial score (nSPS) is 17.8. The Bertz CT molecular complexity index is 166. The molecule has 2 unspecified atom stereocenters. The van der Waals surface area contributed by atoms with Crippen molar-refractivity contribution in [3.05, 3.63) is 0 Å². The van der Waals surface area contributed by atoms with Crippen molar-refractivity contribution >= 4 is 5.97 Å². The van der Waals surface area contributed by atoms with Crippen molar-refractivity contribution in [3.8, 4) is 0 Å². The molecule has 4 nitrogen and oxygen atoms in total. The van der Waals surface area contributed by atoms with E-state index >= 15 is 0 Å². The van der Waals surface area contributed by atoms with Crippen LogP contribution in [0.5, 0.6) is 0 Å². The fourth-order valence-corrected chi connectivity index (χ4v) is 1.17. The minimum absolute atomic E-state index is 0.0213. The Balaban J connectivity index is 4.01. The fourth-order valence-electron chi connectivity index (χ4n) is 1.17. The Morgan fingerprint density at radius 3 is 2.46 bits per heavy atom. The zero-order chi connectivity index (χ0) is 10.5. The summed E-state index contributed by atoms with van der Waals surface area (Å²) in [6.07, 6.45) is 0.850. The van der Waals surface area contributed by atoms with Gasteiger partial charge < -0.3 is 15.5 Å². The van der Waals surface area contributed by atoms with E-state index in [1.165, 1.54) is 0 Å². The second kappa shape index (κ2) is 5.19. The lowest BCUT2D eigenvalue weighted by Gasteiger charge is -2.30. The van der Waals surface area contributed by atoms with Gasteiger partial charge in [-0.2, -0.15) is 0 Å². The van der Waals surface area contributed by atoms with E-state index in [-0.39, 0.29) is 24.6 Å². The van der Waals surface area contributed by atoms with Gasteiger partial charge in [0.05, 0.1) is 13.0 Å². The molecule has 0 saturated heterocycles. The van der Waals surface area contributed by atoms with Crippen LogP contribution in [0.1, 0.15) is 33.6 Å². The quantitative estimate of drug-likeness (QED) is 0.572. The number of rotatable bonds is 6. The van der Waals surface area contributed by atoms with Crippen LogP contribution in [0, 0.1) is 0 Å². The number of aliphatic carboxylic acids is 1. The summed E-state index contributed by atoms with van der Waals surface area (Å²) in [5, 5.41) is 20.7. The Morgan fingerprint density at radius 2 is 2.15 bits per heavy atom. The molecular formula is C9H19NO3. The van der Waals surface area contributed by atoms with Gasteiger partial charge in [0.2, 0.25) is 0 Å². The van der Waals surface area contributed by atoms with Crippen molar-refractivity contribution in [2.45, 2.75) is 45.2 Å². The maximum Gasteiger partial charge on any atom is 0.304 e. The lowest BCUT2D eigenvalue weighted by Crippen LogP contribution is -2.50. The monoisotopic (exact) mass is 189 g/mol. The van der Waals surface area contributed by atoms with Crippen LogP contribution in [0.15, 0.2) is 0 Å². The molecule has 4 heteroatoms. The molecule has 0 aromatic rings. The molecule has 78 valence electrons. The SMILES string of the molecule is CCC(C)(CO)NC(C)CC(=O)O. The highest BCUT2D eigenvalue weighted by Crippen LogP contribution is 2.09. The summed E-state index contributed by atoms with van der Waals surface area (Å²) in [4.78, 5) is 10.4. The topological polar surface area (TPSA) is 69.6 Å². The Kier molecular flexibility index (Phi) is 4.95. The van der Waals surface area contributed by atoms with Crippen LogP contribution < -0.4 is 5.32 Å². The number of aliphatic hydroxyl groups is 1. The Morgan fingerprint density at radius 1 is 1.62 bits per heavy atom. The molecular weight excluding hydrogens is 170 g/mol. The van der Waals surface area contributed by atoms with Gasteiger partial charge >= 0.3 is 5.97 Å². The smallest absolute Gasteiger partial charge is 0.304 e. The molecule has 13 heavy (non-hydrogen) atoms. The highest BCUT2D eigenvalue weighted by atomic mass is 16.4. The van der Waals surface area contributed by atoms with E-state index in [2.05, 4.69) is 5.32 Å². The summed E-state index contributed by atoms with van der Waals surface area (Å²) in [5.74, 6) is -0.823. The zero-order valence-electron chi connectivity index (χ0n) is 8.50. The molecule has 0 heterocycles. The number of aliphatic hydroxyl groups excluding tert-OH is 1. The third-order valence-corrected chi connectivity index (χ3v) is 2.20. The van der Waals surface area contributed by atoms with E-state index in [4.69, 9.17) is 10.2 Å². The van der Waals surface area contributed by atoms with Crippen LogP contribution in [0.4, 0.5) is 0 Å². The van der Waals surface area contributed by atoms with Gasteiger partial charge in [0, 0.05) is 11.6 Å². The number of hydrogen-bond donors (Lipinski definition) is 3. The first-order chi connectivity index (χ1) is 5.93. The van der Waals surface area contributed by atoms with Gasteiger partial charge in [0.25, 0.3) is 0 Å². The minimum atomic E-state index is -0.823. The largest absolute Gasteiger partial charge is 0.481 e. The maximum atomic E-state index is 10.4. The average molecular weight is 189 g/mol. The van der Waals surface area contributed by atoms with Crippen LogP contribution in [-0.2, 0) is 4.79 Å². The molecule has 0 rings (SSSR count). The van der Waals surface area contributed by atoms with Gasteiger partial charge in [0.1, 0.15) is 0 Å². The third-order valence-electron chi connectivity index (χ3n) is 2.20. The van der Waals surface area contributed by atoms with Crippen molar-refractivity contribution in [2.75, 3.05) is 6.61 Å². The molecule has 0 aromatic carbocycles. The standard InChI is InChI=1S/C9H19NO3/c1-4-9(3,6-11)10-7(2)5-8(12)13/h7,10-11H,4-6H2,1-3H3,(H,12,13). The van der Waals surface area contributed by atoms with Crippen LogP contribution in [0.25, 0.3) is 0 Å². The number of carbonyl (C=O) groups is 1. The molecule has 0 amide bonds. The predicted octanol–water partition coefficient (Wildman–Crippen LogP) is 0.600. The molecule has 0 fully saturated rings. The van der Waals surface area contributed by atoms with Gasteiger partial charge in [-0.1, -0.05) is 6.92 Å². The van der Waals surface area contributed by atoms with Gasteiger partial charge in [-0.05, 0) is 20.3 Å².